The molecule has 1 aromatic rings. The number of aliphatic carboxylic acids is 1. The van der Waals surface area contributed by atoms with Gasteiger partial charge >= 0.3 is 12.1 Å². The van der Waals surface area contributed by atoms with Crippen molar-refractivity contribution in [2.24, 2.45) is 5.92 Å². The summed E-state index contributed by atoms with van der Waals surface area (Å²) in [6.07, 6.45) is -3.65. The van der Waals surface area contributed by atoms with Crippen molar-refractivity contribution in [3.05, 3.63) is 35.4 Å². The van der Waals surface area contributed by atoms with E-state index in [1.54, 1.807) is 6.92 Å². The van der Waals surface area contributed by atoms with E-state index in [4.69, 9.17) is 5.11 Å². The lowest BCUT2D eigenvalue weighted by Gasteiger charge is -2.25. The van der Waals surface area contributed by atoms with Gasteiger partial charge in [-0.3, -0.25) is 9.59 Å². The van der Waals surface area contributed by atoms with E-state index in [-0.39, 0.29) is 24.8 Å². The van der Waals surface area contributed by atoms with Crippen LogP contribution in [0.4, 0.5) is 13.2 Å². The number of rotatable bonds is 8. The fourth-order valence-electron chi connectivity index (χ4n) is 2.43. The van der Waals surface area contributed by atoms with E-state index in [9.17, 15) is 22.8 Å². The predicted octanol–water partition coefficient (Wildman–Crippen LogP) is 3.60. The van der Waals surface area contributed by atoms with Crippen molar-refractivity contribution in [2.45, 2.75) is 39.3 Å². The highest BCUT2D eigenvalue weighted by Gasteiger charge is 2.30. The Kier molecular flexibility index (Phi) is 7.25. The number of halogens is 3. The van der Waals surface area contributed by atoms with Gasteiger partial charge in [-0.05, 0) is 37.5 Å². The molecule has 1 atom stereocenters. The van der Waals surface area contributed by atoms with E-state index in [1.165, 1.54) is 17.0 Å². The molecule has 0 saturated heterocycles. The highest BCUT2D eigenvalue weighted by Crippen LogP contribution is 2.29. The second-order valence-corrected chi connectivity index (χ2v) is 5.57. The largest absolute Gasteiger partial charge is 0.481 e. The summed E-state index contributed by atoms with van der Waals surface area (Å²) in [4.78, 5) is 24.6. The monoisotopic (exact) mass is 345 g/mol. The van der Waals surface area contributed by atoms with Gasteiger partial charge in [0.15, 0.2) is 0 Å². The average Bonchev–Trinajstić information content (AvgIpc) is 2.52. The molecular weight excluding hydrogens is 323 g/mol. The Labute approximate surface area is 139 Å². The second-order valence-electron chi connectivity index (χ2n) is 5.57. The topological polar surface area (TPSA) is 57.6 Å². The van der Waals surface area contributed by atoms with E-state index in [1.807, 2.05) is 6.92 Å². The molecule has 0 aliphatic rings. The van der Waals surface area contributed by atoms with E-state index < -0.39 is 17.7 Å². The standard InChI is InChI=1S/C17H22F3NO3/c1-3-13(16(24)21(4-2)10-9-15(22)23)11-12-5-7-14(8-6-12)17(18,19)20/h5-8,13H,3-4,9-11H2,1-2H3,(H,22,23). The van der Waals surface area contributed by atoms with Crippen LogP contribution in [0.1, 0.15) is 37.8 Å². The molecule has 0 saturated carbocycles. The summed E-state index contributed by atoms with van der Waals surface area (Å²) in [5.74, 6) is -1.52. The van der Waals surface area contributed by atoms with Crippen molar-refractivity contribution in [3.8, 4) is 0 Å². The summed E-state index contributed by atoms with van der Waals surface area (Å²) >= 11 is 0. The zero-order chi connectivity index (χ0) is 18.3. The zero-order valence-corrected chi connectivity index (χ0v) is 13.8. The van der Waals surface area contributed by atoms with Crippen LogP contribution in [0.15, 0.2) is 24.3 Å². The van der Waals surface area contributed by atoms with Gasteiger partial charge in [-0.25, -0.2) is 0 Å². The second kappa shape index (κ2) is 8.70. The average molecular weight is 345 g/mol. The molecule has 0 aliphatic carbocycles. The molecule has 0 heterocycles. The molecule has 0 aromatic heterocycles. The molecule has 0 fully saturated rings. The fraction of sp³-hybridized carbons (Fsp3) is 0.529. The van der Waals surface area contributed by atoms with Gasteiger partial charge < -0.3 is 10.0 Å². The molecule has 1 N–H and O–H groups in total. The SMILES string of the molecule is CCC(Cc1ccc(C(F)(F)F)cc1)C(=O)N(CC)CCC(=O)O. The summed E-state index contributed by atoms with van der Waals surface area (Å²) in [5, 5.41) is 8.73. The minimum absolute atomic E-state index is 0.129. The van der Waals surface area contributed by atoms with Gasteiger partial charge in [0, 0.05) is 19.0 Å². The Bertz CT molecular complexity index is 555. The van der Waals surface area contributed by atoms with Gasteiger partial charge in [0.05, 0.1) is 12.0 Å². The molecule has 134 valence electrons. The number of carboxylic acid groups (broad SMARTS) is 1. The van der Waals surface area contributed by atoms with Gasteiger partial charge in [-0.2, -0.15) is 13.2 Å². The van der Waals surface area contributed by atoms with E-state index in [0.717, 1.165) is 12.1 Å². The number of nitrogens with zero attached hydrogens (tertiary/aromatic N) is 1. The molecule has 1 unspecified atom stereocenters. The van der Waals surface area contributed by atoms with Gasteiger partial charge in [0.25, 0.3) is 0 Å². The molecule has 4 nitrogen and oxygen atoms in total. The number of carbonyl (C=O) groups excluding carboxylic acids is 1. The van der Waals surface area contributed by atoms with Gasteiger partial charge in [0.2, 0.25) is 5.91 Å². The van der Waals surface area contributed by atoms with Crippen LogP contribution in [-0.4, -0.2) is 35.0 Å². The first-order valence-electron chi connectivity index (χ1n) is 7.85. The first kappa shape index (κ1) is 20.0. The van der Waals surface area contributed by atoms with E-state index in [0.29, 0.717) is 24.9 Å². The number of hydrogen-bond acceptors (Lipinski definition) is 2. The maximum Gasteiger partial charge on any atom is 0.416 e. The highest BCUT2D eigenvalue weighted by molar-refractivity contribution is 5.79. The third-order valence-corrected chi connectivity index (χ3v) is 3.89. The lowest BCUT2D eigenvalue weighted by atomic mass is 9.94. The van der Waals surface area contributed by atoms with Crippen LogP contribution in [-0.2, 0) is 22.2 Å². The Morgan fingerprint density at radius 2 is 1.75 bits per heavy atom. The van der Waals surface area contributed by atoms with Crippen molar-refractivity contribution in [3.63, 3.8) is 0 Å². The van der Waals surface area contributed by atoms with Crippen LogP contribution in [0.25, 0.3) is 0 Å². The Morgan fingerprint density at radius 3 is 2.17 bits per heavy atom. The number of hydrogen-bond donors (Lipinski definition) is 1. The summed E-state index contributed by atoms with van der Waals surface area (Å²) in [6.45, 7) is 4.13. The summed E-state index contributed by atoms with van der Waals surface area (Å²) in [6, 6.07) is 4.78. The maximum atomic E-state index is 12.6. The van der Waals surface area contributed by atoms with Gasteiger partial charge in [-0.1, -0.05) is 19.1 Å². The molecule has 1 rings (SSSR count). The summed E-state index contributed by atoms with van der Waals surface area (Å²) in [5.41, 5.74) is -0.0697. The van der Waals surface area contributed by atoms with Gasteiger partial charge in [0.1, 0.15) is 0 Å². The van der Waals surface area contributed by atoms with E-state index in [2.05, 4.69) is 0 Å². The predicted molar refractivity (Wildman–Crippen MR) is 83.4 cm³/mol. The minimum atomic E-state index is -4.38. The Hall–Kier alpha value is -2.05. The van der Waals surface area contributed by atoms with Crippen LogP contribution in [0.3, 0.4) is 0 Å². The summed E-state index contributed by atoms with van der Waals surface area (Å²) < 4.78 is 37.7. The fourth-order valence-corrected chi connectivity index (χ4v) is 2.43. The van der Waals surface area contributed by atoms with Crippen molar-refractivity contribution in [2.75, 3.05) is 13.1 Å². The maximum absolute atomic E-state index is 12.6. The molecule has 0 spiro atoms. The van der Waals surface area contributed by atoms with Crippen LogP contribution in [0.2, 0.25) is 0 Å². The molecule has 1 aromatic carbocycles. The molecule has 24 heavy (non-hydrogen) atoms. The zero-order valence-electron chi connectivity index (χ0n) is 13.8. The quantitative estimate of drug-likeness (QED) is 0.783. The minimum Gasteiger partial charge on any atom is -0.481 e. The first-order chi connectivity index (χ1) is 11.2. The lowest BCUT2D eigenvalue weighted by molar-refractivity contribution is -0.140. The number of amides is 1. The molecular formula is C17H22F3NO3. The number of carboxylic acids is 1. The molecule has 0 radical (unpaired) electrons. The molecule has 0 aliphatic heterocycles. The number of carbonyl (C=O) groups is 2. The van der Waals surface area contributed by atoms with Crippen LogP contribution >= 0.6 is 0 Å². The normalized spacial score (nSPS) is 12.7. The molecule has 7 heteroatoms. The smallest absolute Gasteiger partial charge is 0.416 e. The first-order valence-corrected chi connectivity index (χ1v) is 7.85. The van der Waals surface area contributed by atoms with Crippen LogP contribution in [0, 0.1) is 5.92 Å². The molecule has 1 amide bonds. The van der Waals surface area contributed by atoms with Crippen molar-refractivity contribution < 1.29 is 27.9 Å². The number of alkyl halides is 3. The van der Waals surface area contributed by atoms with E-state index >= 15 is 0 Å². The highest BCUT2D eigenvalue weighted by atomic mass is 19.4. The molecule has 0 bridgehead atoms. The third kappa shape index (κ3) is 5.86. The van der Waals surface area contributed by atoms with Crippen molar-refractivity contribution in [1.29, 1.82) is 0 Å². The summed E-state index contributed by atoms with van der Waals surface area (Å²) in [7, 11) is 0. The Morgan fingerprint density at radius 1 is 1.17 bits per heavy atom. The number of benzene rings is 1. The van der Waals surface area contributed by atoms with Crippen molar-refractivity contribution in [1.82, 2.24) is 4.90 Å². The van der Waals surface area contributed by atoms with Crippen molar-refractivity contribution >= 4 is 11.9 Å². The van der Waals surface area contributed by atoms with Crippen LogP contribution < -0.4 is 0 Å². The lowest BCUT2D eigenvalue weighted by Crippen LogP contribution is -2.38. The third-order valence-electron chi connectivity index (χ3n) is 3.89. The Balaban J connectivity index is 2.78. The van der Waals surface area contributed by atoms with Crippen LogP contribution in [0.5, 0.6) is 0 Å². The van der Waals surface area contributed by atoms with Gasteiger partial charge in [-0.15, -0.1) is 0 Å².